The molecule has 1 unspecified atom stereocenters. The maximum absolute atomic E-state index is 12.6. The first-order valence-electron chi connectivity index (χ1n) is 8.84. The maximum Gasteiger partial charge on any atom is 0.251 e. The number of anilines is 1. The molecule has 0 spiro atoms. The second-order valence-electron chi connectivity index (χ2n) is 6.66. The molecule has 146 valence electrons. The number of primary amides is 1. The second kappa shape index (κ2) is 8.41. The largest absolute Gasteiger partial charge is 0.497 e. The van der Waals surface area contributed by atoms with Crippen LogP contribution < -0.4 is 15.8 Å². The zero-order valence-corrected chi connectivity index (χ0v) is 16.9. The van der Waals surface area contributed by atoms with Crippen molar-refractivity contribution < 1.29 is 14.3 Å². The van der Waals surface area contributed by atoms with Crippen LogP contribution in [0.25, 0.3) is 10.8 Å². The van der Waals surface area contributed by atoms with E-state index in [0.29, 0.717) is 17.1 Å². The van der Waals surface area contributed by atoms with Gasteiger partial charge in [-0.05, 0) is 60.0 Å². The molecule has 3 rings (SSSR count). The van der Waals surface area contributed by atoms with Gasteiger partial charge in [-0.3, -0.25) is 14.5 Å². The number of carbonyl (C=O) groups is 2. The number of fused-ring (bicyclic) bond motifs is 1. The van der Waals surface area contributed by atoms with Gasteiger partial charge in [-0.15, -0.1) is 11.3 Å². The molecule has 7 heteroatoms. The molecular formula is C21H23N3O3S. The number of likely N-dealkylation sites (N-methyl/N-ethyl adjacent to an activating group) is 1. The molecule has 3 N–H and O–H groups in total. The molecule has 0 radical (unpaired) electrons. The van der Waals surface area contributed by atoms with Crippen LogP contribution >= 0.6 is 11.3 Å². The number of nitrogens with zero attached hydrogens (tertiary/aromatic N) is 1. The van der Waals surface area contributed by atoms with Gasteiger partial charge in [0, 0.05) is 6.54 Å². The minimum atomic E-state index is -0.551. The molecule has 0 aliphatic rings. The van der Waals surface area contributed by atoms with Crippen molar-refractivity contribution in [1.29, 1.82) is 0 Å². The van der Waals surface area contributed by atoms with Gasteiger partial charge < -0.3 is 15.8 Å². The maximum atomic E-state index is 12.6. The zero-order chi connectivity index (χ0) is 20.3. The molecule has 1 atom stereocenters. The van der Waals surface area contributed by atoms with Crippen LogP contribution in [0.2, 0.25) is 0 Å². The summed E-state index contributed by atoms with van der Waals surface area (Å²) >= 11 is 1.28. The summed E-state index contributed by atoms with van der Waals surface area (Å²) in [6.07, 6.45) is 0. The van der Waals surface area contributed by atoms with Gasteiger partial charge in [0.15, 0.2) is 0 Å². The van der Waals surface area contributed by atoms with Gasteiger partial charge in [0.05, 0.1) is 18.7 Å². The van der Waals surface area contributed by atoms with Gasteiger partial charge in [0.2, 0.25) is 5.91 Å². The molecule has 6 nitrogen and oxygen atoms in total. The Hall–Kier alpha value is -2.90. The highest BCUT2D eigenvalue weighted by atomic mass is 32.1. The molecule has 0 bridgehead atoms. The van der Waals surface area contributed by atoms with Crippen molar-refractivity contribution in [2.24, 2.45) is 5.73 Å². The van der Waals surface area contributed by atoms with E-state index in [1.807, 2.05) is 43.1 Å². The summed E-state index contributed by atoms with van der Waals surface area (Å²) < 4.78 is 5.26. The van der Waals surface area contributed by atoms with Crippen LogP contribution in [0.15, 0.2) is 47.8 Å². The van der Waals surface area contributed by atoms with Crippen molar-refractivity contribution in [3.05, 3.63) is 59.0 Å². The van der Waals surface area contributed by atoms with E-state index in [1.54, 1.807) is 18.6 Å². The van der Waals surface area contributed by atoms with Crippen LogP contribution in [-0.4, -0.2) is 36.9 Å². The monoisotopic (exact) mass is 397 g/mol. The number of nitrogens with one attached hydrogen (secondary N) is 1. The van der Waals surface area contributed by atoms with Crippen molar-refractivity contribution >= 4 is 38.9 Å². The Balaban J connectivity index is 1.68. The number of ether oxygens (including phenoxy) is 1. The second-order valence-corrected chi connectivity index (χ2v) is 7.57. The number of amides is 2. The summed E-state index contributed by atoms with van der Waals surface area (Å²) in [5.74, 6) is 0.0925. The summed E-state index contributed by atoms with van der Waals surface area (Å²) in [4.78, 5) is 26.0. The topological polar surface area (TPSA) is 84.7 Å². The first-order chi connectivity index (χ1) is 13.4. The smallest absolute Gasteiger partial charge is 0.251 e. The lowest BCUT2D eigenvalue weighted by Gasteiger charge is -2.24. The number of rotatable bonds is 7. The molecule has 2 aromatic carbocycles. The normalized spacial score (nSPS) is 12.1. The molecular weight excluding hydrogens is 374 g/mol. The van der Waals surface area contributed by atoms with Crippen molar-refractivity contribution in [3.63, 3.8) is 0 Å². The summed E-state index contributed by atoms with van der Waals surface area (Å²) in [6.45, 7) is 2.45. The molecule has 0 saturated heterocycles. The van der Waals surface area contributed by atoms with Crippen LogP contribution in [0.5, 0.6) is 5.75 Å². The third-order valence-electron chi connectivity index (χ3n) is 4.75. The molecule has 0 saturated carbocycles. The van der Waals surface area contributed by atoms with E-state index in [-0.39, 0.29) is 11.9 Å². The van der Waals surface area contributed by atoms with Crippen LogP contribution in [-0.2, 0) is 11.3 Å². The van der Waals surface area contributed by atoms with Gasteiger partial charge in [-0.1, -0.05) is 18.2 Å². The van der Waals surface area contributed by atoms with Crippen LogP contribution in [0.4, 0.5) is 5.00 Å². The average molecular weight is 398 g/mol. The minimum absolute atomic E-state index is 0.182. The van der Waals surface area contributed by atoms with E-state index in [1.165, 1.54) is 11.3 Å². The highest BCUT2D eigenvalue weighted by molar-refractivity contribution is 7.14. The fourth-order valence-corrected chi connectivity index (χ4v) is 3.74. The Morgan fingerprint density at radius 2 is 1.89 bits per heavy atom. The number of hydrogen-bond donors (Lipinski definition) is 2. The molecule has 3 aromatic rings. The van der Waals surface area contributed by atoms with Crippen LogP contribution in [0.1, 0.15) is 22.8 Å². The SMILES string of the molecule is COc1ccc2cc(CN(C)C(C)C(=O)Nc3sccc3C(N)=O)ccc2c1. The highest BCUT2D eigenvalue weighted by Crippen LogP contribution is 2.24. The predicted molar refractivity (Wildman–Crippen MR) is 113 cm³/mol. The number of methoxy groups -OCH3 is 1. The Labute approximate surface area is 167 Å². The first kappa shape index (κ1) is 19.9. The van der Waals surface area contributed by atoms with E-state index in [4.69, 9.17) is 10.5 Å². The molecule has 0 fully saturated rings. The predicted octanol–water partition coefficient (Wildman–Crippen LogP) is 3.47. The third-order valence-corrected chi connectivity index (χ3v) is 5.58. The van der Waals surface area contributed by atoms with E-state index in [9.17, 15) is 9.59 Å². The van der Waals surface area contributed by atoms with E-state index < -0.39 is 5.91 Å². The van der Waals surface area contributed by atoms with Crippen molar-refractivity contribution in [3.8, 4) is 5.75 Å². The Bertz CT molecular complexity index is 1020. The Morgan fingerprint density at radius 1 is 1.18 bits per heavy atom. The van der Waals surface area contributed by atoms with E-state index in [0.717, 1.165) is 22.1 Å². The minimum Gasteiger partial charge on any atom is -0.497 e. The Kier molecular flexibility index (Phi) is 5.96. The standard InChI is InChI=1S/C21H23N3O3S/c1-13(20(26)23-21-18(19(22)25)8-9-28-21)24(2)12-14-4-5-16-11-17(27-3)7-6-15(16)10-14/h4-11,13H,12H2,1-3H3,(H2,22,25)(H,23,26). The average Bonchev–Trinajstić information content (AvgIpc) is 3.15. The summed E-state index contributed by atoms with van der Waals surface area (Å²) in [7, 11) is 3.55. The number of carbonyl (C=O) groups excluding carboxylic acids is 2. The third kappa shape index (κ3) is 4.32. The molecule has 2 amide bonds. The van der Waals surface area contributed by atoms with Gasteiger partial charge in [-0.25, -0.2) is 0 Å². The van der Waals surface area contributed by atoms with Gasteiger partial charge in [0.25, 0.3) is 5.91 Å². The van der Waals surface area contributed by atoms with Gasteiger partial charge >= 0.3 is 0 Å². The fourth-order valence-electron chi connectivity index (χ4n) is 2.94. The Morgan fingerprint density at radius 3 is 2.61 bits per heavy atom. The lowest BCUT2D eigenvalue weighted by molar-refractivity contribution is -0.120. The van der Waals surface area contributed by atoms with Crippen molar-refractivity contribution in [2.75, 3.05) is 19.5 Å². The van der Waals surface area contributed by atoms with E-state index >= 15 is 0 Å². The van der Waals surface area contributed by atoms with Crippen LogP contribution in [0.3, 0.4) is 0 Å². The van der Waals surface area contributed by atoms with Crippen LogP contribution in [0, 0.1) is 0 Å². The molecule has 1 heterocycles. The number of hydrogen-bond acceptors (Lipinski definition) is 5. The summed E-state index contributed by atoms with van der Waals surface area (Å²) in [5, 5.41) is 7.24. The zero-order valence-electron chi connectivity index (χ0n) is 16.1. The number of nitrogens with two attached hydrogens (primary N) is 1. The van der Waals surface area contributed by atoms with Gasteiger partial charge in [0.1, 0.15) is 10.8 Å². The molecule has 0 aliphatic carbocycles. The van der Waals surface area contributed by atoms with Crippen molar-refractivity contribution in [1.82, 2.24) is 4.90 Å². The summed E-state index contributed by atoms with van der Waals surface area (Å²) in [6, 6.07) is 13.4. The number of thiophene rings is 1. The molecule has 28 heavy (non-hydrogen) atoms. The fraction of sp³-hybridized carbons (Fsp3) is 0.238. The molecule has 0 aliphatic heterocycles. The van der Waals surface area contributed by atoms with E-state index in [2.05, 4.69) is 17.4 Å². The van der Waals surface area contributed by atoms with Crippen molar-refractivity contribution in [2.45, 2.75) is 19.5 Å². The molecule has 1 aromatic heterocycles. The lowest BCUT2D eigenvalue weighted by atomic mass is 10.1. The number of benzene rings is 2. The highest BCUT2D eigenvalue weighted by Gasteiger charge is 2.21. The lowest BCUT2D eigenvalue weighted by Crippen LogP contribution is -2.39. The van der Waals surface area contributed by atoms with Gasteiger partial charge in [-0.2, -0.15) is 0 Å². The first-order valence-corrected chi connectivity index (χ1v) is 9.72. The summed E-state index contributed by atoms with van der Waals surface area (Å²) in [5.41, 5.74) is 6.77. The quantitative estimate of drug-likeness (QED) is 0.639.